The fraction of sp³-hybridized carbons (Fsp3) is 0.500. The minimum absolute atomic E-state index is 0.315. The lowest BCUT2D eigenvalue weighted by Gasteiger charge is -2.09. The van der Waals surface area contributed by atoms with E-state index in [1.165, 1.54) is 35.8 Å². The summed E-state index contributed by atoms with van der Waals surface area (Å²) in [5, 5.41) is 13.6. The minimum Gasteiger partial charge on any atom is -0.388 e. The van der Waals surface area contributed by atoms with Gasteiger partial charge < -0.3 is 5.11 Å². The first-order chi connectivity index (χ1) is 9.24. The molecule has 1 aromatic heterocycles. The van der Waals surface area contributed by atoms with Crippen LogP contribution in [0, 0.1) is 0 Å². The van der Waals surface area contributed by atoms with Crippen LogP contribution >= 0.6 is 27.3 Å². The number of unbranched alkanes of at least 4 members (excludes halogenated alkanes) is 4. The number of halogens is 1. The van der Waals surface area contributed by atoms with E-state index in [4.69, 9.17) is 0 Å². The molecule has 0 radical (unpaired) electrons. The number of thiophene rings is 1. The van der Waals surface area contributed by atoms with Crippen molar-refractivity contribution in [3.63, 3.8) is 0 Å². The maximum Gasteiger partial charge on any atom is 0.0804 e. The van der Waals surface area contributed by atoms with Crippen LogP contribution < -0.4 is 0 Å². The molecule has 1 heterocycles. The van der Waals surface area contributed by atoms with Crippen LogP contribution in [0.3, 0.4) is 0 Å². The highest BCUT2D eigenvalue weighted by Gasteiger charge is 2.13. The summed E-state index contributed by atoms with van der Waals surface area (Å²) in [5.74, 6) is 0. The number of benzene rings is 1. The Morgan fingerprint density at radius 3 is 2.79 bits per heavy atom. The highest BCUT2D eigenvalue weighted by atomic mass is 79.9. The molecule has 2 aromatic rings. The second-order valence-corrected chi connectivity index (χ2v) is 6.76. The van der Waals surface area contributed by atoms with Gasteiger partial charge in [0.15, 0.2) is 0 Å². The molecule has 0 aliphatic rings. The maximum absolute atomic E-state index is 10.3. The second-order valence-electron chi connectivity index (χ2n) is 5.03. The number of aliphatic hydroxyl groups excluding tert-OH is 1. The molecule has 0 fully saturated rings. The van der Waals surface area contributed by atoms with Gasteiger partial charge in [0, 0.05) is 9.17 Å². The van der Waals surface area contributed by atoms with E-state index in [1.54, 1.807) is 11.3 Å². The zero-order chi connectivity index (χ0) is 13.7. The lowest BCUT2D eigenvalue weighted by atomic mass is 10.0. The lowest BCUT2D eigenvalue weighted by Crippen LogP contribution is -1.96. The number of fused-ring (bicyclic) bond motifs is 1. The molecule has 104 valence electrons. The number of rotatable bonds is 7. The summed E-state index contributed by atoms with van der Waals surface area (Å²) in [7, 11) is 0. The molecule has 0 spiro atoms. The van der Waals surface area contributed by atoms with E-state index in [0.717, 1.165) is 22.9 Å². The molecule has 1 N–H and O–H groups in total. The summed E-state index contributed by atoms with van der Waals surface area (Å²) in [6.07, 6.45) is 6.78. The molecule has 2 rings (SSSR count). The van der Waals surface area contributed by atoms with Gasteiger partial charge in [0.25, 0.3) is 0 Å². The Bertz CT molecular complexity index is 520. The first-order valence-corrected chi connectivity index (χ1v) is 8.75. The van der Waals surface area contributed by atoms with Crippen LogP contribution in [0.25, 0.3) is 10.1 Å². The van der Waals surface area contributed by atoms with Crippen molar-refractivity contribution in [3.05, 3.63) is 33.6 Å². The van der Waals surface area contributed by atoms with Gasteiger partial charge in [-0.3, -0.25) is 0 Å². The molecule has 0 aliphatic heterocycles. The van der Waals surface area contributed by atoms with Crippen molar-refractivity contribution in [1.82, 2.24) is 0 Å². The quantitative estimate of drug-likeness (QED) is 0.607. The largest absolute Gasteiger partial charge is 0.388 e. The Balaban J connectivity index is 1.97. The fourth-order valence-corrected chi connectivity index (χ4v) is 4.07. The van der Waals surface area contributed by atoms with E-state index >= 15 is 0 Å². The van der Waals surface area contributed by atoms with E-state index in [0.29, 0.717) is 0 Å². The molecule has 0 aliphatic carbocycles. The van der Waals surface area contributed by atoms with Gasteiger partial charge in [-0.25, -0.2) is 0 Å². The highest BCUT2D eigenvalue weighted by molar-refractivity contribution is 9.10. The molecule has 1 atom stereocenters. The zero-order valence-electron chi connectivity index (χ0n) is 11.4. The van der Waals surface area contributed by atoms with Crippen LogP contribution in [0.1, 0.15) is 57.1 Å². The molecule has 19 heavy (non-hydrogen) atoms. The molecule has 1 nitrogen and oxygen atoms in total. The summed E-state index contributed by atoms with van der Waals surface area (Å²) in [6.45, 7) is 2.23. The van der Waals surface area contributed by atoms with Crippen molar-refractivity contribution in [1.29, 1.82) is 0 Å². The van der Waals surface area contributed by atoms with Gasteiger partial charge >= 0.3 is 0 Å². The summed E-state index contributed by atoms with van der Waals surface area (Å²) in [4.78, 5) is 0. The van der Waals surface area contributed by atoms with Crippen LogP contribution in [0.5, 0.6) is 0 Å². The van der Waals surface area contributed by atoms with E-state index in [9.17, 15) is 5.11 Å². The van der Waals surface area contributed by atoms with Gasteiger partial charge in [0.1, 0.15) is 0 Å². The average Bonchev–Trinajstić information content (AvgIpc) is 2.84. The van der Waals surface area contributed by atoms with E-state index in [2.05, 4.69) is 40.4 Å². The first kappa shape index (κ1) is 15.0. The van der Waals surface area contributed by atoms with Crippen LogP contribution in [0.2, 0.25) is 0 Å². The number of hydrogen-bond acceptors (Lipinski definition) is 2. The van der Waals surface area contributed by atoms with Crippen LogP contribution in [0.4, 0.5) is 0 Å². The Morgan fingerprint density at radius 1 is 1.21 bits per heavy atom. The van der Waals surface area contributed by atoms with Crippen molar-refractivity contribution in [2.45, 2.75) is 51.6 Å². The minimum atomic E-state index is -0.315. The van der Waals surface area contributed by atoms with Gasteiger partial charge in [0.05, 0.1) is 6.10 Å². The highest BCUT2D eigenvalue weighted by Crippen LogP contribution is 2.36. The SMILES string of the molecule is CCCCCCCC(O)c1csc2c(Br)cccc12. The van der Waals surface area contributed by atoms with Crippen molar-refractivity contribution >= 4 is 37.4 Å². The number of aliphatic hydroxyl groups is 1. The van der Waals surface area contributed by atoms with Crippen LogP contribution in [0.15, 0.2) is 28.1 Å². The van der Waals surface area contributed by atoms with Gasteiger partial charge in [-0.2, -0.15) is 0 Å². The second kappa shape index (κ2) is 7.41. The van der Waals surface area contributed by atoms with Crippen molar-refractivity contribution in [2.75, 3.05) is 0 Å². The molecule has 0 amide bonds. The summed E-state index contributed by atoms with van der Waals surface area (Å²) >= 11 is 5.28. The molecule has 0 saturated heterocycles. The Kier molecular flexibility index (Phi) is 5.86. The van der Waals surface area contributed by atoms with Gasteiger partial charge in [-0.1, -0.05) is 51.2 Å². The predicted molar refractivity (Wildman–Crippen MR) is 87.9 cm³/mol. The lowest BCUT2D eigenvalue weighted by molar-refractivity contribution is 0.165. The van der Waals surface area contributed by atoms with Gasteiger partial charge in [0.2, 0.25) is 0 Å². The third-order valence-corrected chi connectivity index (χ3v) is 5.49. The smallest absolute Gasteiger partial charge is 0.0804 e. The van der Waals surface area contributed by atoms with Crippen molar-refractivity contribution in [3.8, 4) is 0 Å². The summed E-state index contributed by atoms with van der Waals surface area (Å²) < 4.78 is 2.36. The summed E-state index contributed by atoms with van der Waals surface area (Å²) in [6, 6.07) is 6.20. The third-order valence-electron chi connectivity index (χ3n) is 3.52. The van der Waals surface area contributed by atoms with E-state index < -0.39 is 0 Å². The topological polar surface area (TPSA) is 20.2 Å². The van der Waals surface area contributed by atoms with Gasteiger partial charge in [-0.05, 0) is 44.7 Å². The molecule has 1 aromatic carbocycles. The van der Waals surface area contributed by atoms with Crippen LogP contribution in [-0.2, 0) is 0 Å². The molecule has 1 unspecified atom stereocenters. The maximum atomic E-state index is 10.3. The van der Waals surface area contributed by atoms with E-state index in [-0.39, 0.29) is 6.10 Å². The fourth-order valence-electron chi connectivity index (χ4n) is 2.40. The third kappa shape index (κ3) is 3.80. The average molecular weight is 341 g/mol. The zero-order valence-corrected chi connectivity index (χ0v) is 13.8. The van der Waals surface area contributed by atoms with Crippen molar-refractivity contribution in [2.24, 2.45) is 0 Å². The first-order valence-electron chi connectivity index (χ1n) is 7.07. The standard InChI is InChI=1S/C16H21BrOS/c1-2-3-4-5-6-10-15(18)13-11-19-16-12(13)8-7-9-14(16)17/h7-9,11,15,18H,2-6,10H2,1H3. The van der Waals surface area contributed by atoms with E-state index in [1.807, 2.05) is 6.07 Å². The molecule has 0 bridgehead atoms. The number of hydrogen-bond donors (Lipinski definition) is 1. The van der Waals surface area contributed by atoms with Gasteiger partial charge in [-0.15, -0.1) is 11.3 Å². The monoisotopic (exact) mass is 340 g/mol. The Hall–Kier alpha value is -0.380. The Morgan fingerprint density at radius 2 is 2.00 bits per heavy atom. The normalized spacial score (nSPS) is 13.0. The molecular formula is C16H21BrOS. The molecule has 0 saturated carbocycles. The molecular weight excluding hydrogens is 320 g/mol. The van der Waals surface area contributed by atoms with Crippen molar-refractivity contribution < 1.29 is 5.11 Å². The summed E-state index contributed by atoms with van der Waals surface area (Å²) in [5.41, 5.74) is 1.09. The predicted octanol–water partition coefficient (Wildman–Crippen LogP) is 6.06. The molecule has 3 heteroatoms. The Labute approximate surface area is 127 Å². The van der Waals surface area contributed by atoms with Crippen LogP contribution in [-0.4, -0.2) is 5.11 Å².